The fourth-order valence-corrected chi connectivity index (χ4v) is 1.03. The highest BCUT2D eigenvalue weighted by Crippen LogP contribution is 2.22. The van der Waals surface area contributed by atoms with Crippen molar-refractivity contribution in [1.82, 2.24) is 10.2 Å². The van der Waals surface area contributed by atoms with E-state index in [0.717, 1.165) is 0 Å². The lowest BCUT2D eigenvalue weighted by molar-refractivity contribution is 0.146. The number of carbonyl (C=O) groups is 1. The Morgan fingerprint density at radius 2 is 1.92 bits per heavy atom. The quantitative estimate of drug-likeness (QED) is 0.703. The molecule has 0 aromatic heterocycles. The minimum absolute atomic E-state index is 0.00456. The van der Waals surface area contributed by atoms with Crippen LogP contribution in [0.4, 0.5) is 4.79 Å². The summed E-state index contributed by atoms with van der Waals surface area (Å²) in [6, 6.07) is 0.240. The van der Waals surface area contributed by atoms with Crippen LogP contribution < -0.4 is 5.32 Å². The molecular weight excluding hydrogens is 164 g/mol. The summed E-state index contributed by atoms with van der Waals surface area (Å²) in [6.45, 7) is 11.1. The van der Waals surface area contributed by atoms with Gasteiger partial charge in [0.15, 0.2) is 0 Å². The van der Waals surface area contributed by atoms with Gasteiger partial charge in [-0.25, -0.2) is 4.79 Å². The molecule has 0 spiro atoms. The molecule has 0 radical (unpaired) electrons. The van der Waals surface area contributed by atoms with Crippen molar-refractivity contribution in [2.24, 2.45) is 5.41 Å². The van der Waals surface area contributed by atoms with Crippen molar-refractivity contribution in [3.05, 3.63) is 0 Å². The molecule has 0 aliphatic heterocycles. The molecular formula is C10H22N2O. The zero-order valence-corrected chi connectivity index (χ0v) is 9.64. The highest BCUT2D eigenvalue weighted by atomic mass is 16.2. The van der Waals surface area contributed by atoms with Crippen LogP contribution in [-0.4, -0.2) is 30.6 Å². The third kappa shape index (κ3) is 3.66. The lowest BCUT2D eigenvalue weighted by atomic mass is 9.87. The Balaban J connectivity index is 4.25. The predicted octanol–water partition coefficient (Wildman–Crippen LogP) is 2.08. The average molecular weight is 186 g/mol. The van der Waals surface area contributed by atoms with E-state index in [1.165, 1.54) is 0 Å². The van der Waals surface area contributed by atoms with E-state index in [1.54, 1.807) is 4.90 Å². The Morgan fingerprint density at radius 3 is 2.23 bits per heavy atom. The Hall–Kier alpha value is -0.730. The molecule has 0 unspecified atom stereocenters. The molecule has 0 fully saturated rings. The fourth-order valence-electron chi connectivity index (χ4n) is 1.03. The van der Waals surface area contributed by atoms with Crippen molar-refractivity contribution >= 4 is 6.03 Å². The van der Waals surface area contributed by atoms with Gasteiger partial charge in [-0.05, 0) is 19.3 Å². The van der Waals surface area contributed by atoms with Crippen LogP contribution in [0.3, 0.4) is 0 Å². The first-order chi connectivity index (χ1) is 5.80. The maximum atomic E-state index is 11.4. The van der Waals surface area contributed by atoms with Crippen LogP contribution in [-0.2, 0) is 0 Å². The first-order valence-corrected chi connectivity index (χ1v) is 4.81. The van der Waals surface area contributed by atoms with E-state index in [0.29, 0.717) is 6.54 Å². The van der Waals surface area contributed by atoms with Gasteiger partial charge in [0.05, 0.1) is 0 Å². The van der Waals surface area contributed by atoms with Gasteiger partial charge in [0, 0.05) is 19.6 Å². The monoisotopic (exact) mass is 186 g/mol. The average Bonchev–Trinajstić information content (AvgIpc) is 2.00. The van der Waals surface area contributed by atoms with E-state index >= 15 is 0 Å². The summed E-state index contributed by atoms with van der Waals surface area (Å²) >= 11 is 0. The fraction of sp³-hybridized carbons (Fsp3) is 0.900. The molecule has 0 rings (SSSR count). The lowest BCUT2D eigenvalue weighted by Crippen LogP contribution is -2.47. The third-order valence-electron chi connectivity index (χ3n) is 2.48. The van der Waals surface area contributed by atoms with Crippen molar-refractivity contribution in [2.75, 3.05) is 13.6 Å². The SMILES string of the molecule is CCNC(=O)N(C)[C@@H](C)C(C)(C)C. The van der Waals surface area contributed by atoms with Crippen LogP contribution in [0.1, 0.15) is 34.6 Å². The van der Waals surface area contributed by atoms with Gasteiger partial charge in [0.25, 0.3) is 0 Å². The molecule has 1 atom stereocenters. The summed E-state index contributed by atoms with van der Waals surface area (Å²) < 4.78 is 0. The molecule has 3 heteroatoms. The molecule has 0 aliphatic rings. The van der Waals surface area contributed by atoms with Crippen LogP contribution >= 0.6 is 0 Å². The van der Waals surface area contributed by atoms with Gasteiger partial charge >= 0.3 is 6.03 Å². The van der Waals surface area contributed by atoms with Crippen molar-refractivity contribution < 1.29 is 4.79 Å². The van der Waals surface area contributed by atoms with Crippen molar-refractivity contribution in [3.8, 4) is 0 Å². The van der Waals surface area contributed by atoms with Gasteiger partial charge in [-0.15, -0.1) is 0 Å². The molecule has 2 amide bonds. The summed E-state index contributed by atoms with van der Waals surface area (Å²) in [5, 5.41) is 2.79. The van der Waals surface area contributed by atoms with E-state index in [4.69, 9.17) is 0 Å². The van der Waals surface area contributed by atoms with Gasteiger partial charge in [-0.2, -0.15) is 0 Å². The lowest BCUT2D eigenvalue weighted by Gasteiger charge is -2.35. The molecule has 78 valence electrons. The second kappa shape index (κ2) is 4.49. The second-order valence-corrected chi connectivity index (χ2v) is 4.49. The number of nitrogens with zero attached hydrogens (tertiary/aromatic N) is 1. The van der Waals surface area contributed by atoms with Crippen LogP contribution in [0.5, 0.6) is 0 Å². The number of rotatable bonds is 2. The molecule has 3 nitrogen and oxygen atoms in total. The summed E-state index contributed by atoms with van der Waals surface area (Å²) in [6.07, 6.45) is 0. The van der Waals surface area contributed by atoms with Crippen molar-refractivity contribution in [2.45, 2.75) is 40.7 Å². The molecule has 0 saturated heterocycles. The Labute approximate surface area is 81.5 Å². The van der Waals surface area contributed by atoms with Crippen molar-refractivity contribution in [3.63, 3.8) is 0 Å². The highest BCUT2D eigenvalue weighted by molar-refractivity contribution is 5.74. The van der Waals surface area contributed by atoms with Crippen LogP contribution in [0.2, 0.25) is 0 Å². The number of hydrogen-bond acceptors (Lipinski definition) is 1. The minimum atomic E-state index is 0.00456. The highest BCUT2D eigenvalue weighted by Gasteiger charge is 2.26. The number of carbonyl (C=O) groups excluding carboxylic acids is 1. The van der Waals surface area contributed by atoms with Gasteiger partial charge in [0.2, 0.25) is 0 Å². The molecule has 0 aromatic rings. The number of amides is 2. The Bertz CT molecular complexity index is 172. The maximum absolute atomic E-state index is 11.4. The molecule has 13 heavy (non-hydrogen) atoms. The van der Waals surface area contributed by atoms with Crippen LogP contribution in [0, 0.1) is 5.41 Å². The zero-order chi connectivity index (χ0) is 10.6. The Kier molecular flexibility index (Phi) is 4.24. The Morgan fingerprint density at radius 1 is 1.46 bits per heavy atom. The van der Waals surface area contributed by atoms with Gasteiger partial charge in [-0.3, -0.25) is 0 Å². The first-order valence-electron chi connectivity index (χ1n) is 4.81. The molecule has 0 aromatic carbocycles. The van der Waals surface area contributed by atoms with E-state index in [2.05, 4.69) is 33.0 Å². The van der Waals surface area contributed by atoms with E-state index in [9.17, 15) is 4.79 Å². The molecule has 1 N–H and O–H groups in total. The van der Waals surface area contributed by atoms with Crippen molar-refractivity contribution in [1.29, 1.82) is 0 Å². The first kappa shape index (κ1) is 12.3. The number of urea groups is 1. The van der Waals surface area contributed by atoms with Gasteiger partial charge in [0.1, 0.15) is 0 Å². The standard InChI is InChI=1S/C10H22N2O/c1-7-11-9(13)12(6)8(2)10(3,4)5/h8H,7H2,1-6H3,(H,11,13)/t8-/m0/s1. The van der Waals surface area contributed by atoms with E-state index in [1.807, 2.05) is 14.0 Å². The summed E-state index contributed by atoms with van der Waals surface area (Å²) in [7, 11) is 1.83. The molecule has 0 bridgehead atoms. The van der Waals surface area contributed by atoms with E-state index < -0.39 is 0 Å². The molecule has 0 saturated carbocycles. The van der Waals surface area contributed by atoms with Crippen LogP contribution in [0.15, 0.2) is 0 Å². The maximum Gasteiger partial charge on any atom is 0.317 e. The third-order valence-corrected chi connectivity index (χ3v) is 2.48. The minimum Gasteiger partial charge on any atom is -0.338 e. The van der Waals surface area contributed by atoms with E-state index in [-0.39, 0.29) is 17.5 Å². The van der Waals surface area contributed by atoms with Gasteiger partial charge < -0.3 is 10.2 Å². The number of hydrogen-bond donors (Lipinski definition) is 1. The molecule has 0 aliphatic carbocycles. The normalized spacial score (nSPS) is 13.7. The molecule has 0 heterocycles. The van der Waals surface area contributed by atoms with Crippen LogP contribution in [0.25, 0.3) is 0 Å². The summed E-state index contributed by atoms with van der Waals surface area (Å²) in [5.41, 5.74) is 0.125. The smallest absolute Gasteiger partial charge is 0.317 e. The summed E-state index contributed by atoms with van der Waals surface area (Å²) in [5.74, 6) is 0. The summed E-state index contributed by atoms with van der Waals surface area (Å²) in [4.78, 5) is 13.2. The second-order valence-electron chi connectivity index (χ2n) is 4.49. The zero-order valence-electron chi connectivity index (χ0n) is 9.64. The topological polar surface area (TPSA) is 32.3 Å². The number of nitrogens with one attached hydrogen (secondary N) is 1. The largest absolute Gasteiger partial charge is 0.338 e. The predicted molar refractivity (Wildman–Crippen MR) is 55.8 cm³/mol. The van der Waals surface area contributed by atoms with Gasteiger partial charge in [-0.1, -0.05) is 20.8 Å².